The molecule has 0 spiro atoms. The number of ether oxygens (including phenoxy) is 1. The van der Waals surface area contributed by atoms with Crippen molar-refractivity contribution in [3.05, 3.63) is 23.8 Å². The van der Waals surface area contributed by atoms with E-state index in [0.29, 0.717) is 30.8 Å². The van der Waals surface area contributed by atoms with Crippen LogP contribution in [-0.2, 0) is 14.4 Å². The number of carboxylic acids is 1. The Morgan fingerprint density at radius 3 is 2.87 bits per heavy atom. The molecule has 2 aliphatic rings. The van der Waals surface area contributed by atoms with Crippen LogP contribution in [-0.4, -0.2) is 46.0 Å². The van der Waals surface area contributed by atoms with Gasteiger partial charge in [-0.05, 0) is 44.4 Å². The van der Waals surface area contributed by atoms with Crippen LogP contribution in [0.1, 0.15) is 25.3 Å². The predicted octanol–water partition coefficient (Wildman–Crippen LogP) is 1.16. The number of nitrogens with one attached hydrogen (secondary N) is 1. The number of fused-ring (bicyclic) bond motifs is 1. The molecule has 0 unspecified atom stereocenters. The van der Waals surface area contributed by atoms with Gasteiger partial charge in [0.15, 0.2) is 0 Å². The molecule has 0 radical (unpaired) electrons. The molecule has 1 aromatic carbocycles. The van der Waals surface area contributed by atoms with Crippen molar-refractivity contribution in [2.75, 3.05) is 11.9 Å². The number of carbonyl (C=O) groups excluding carboxylic acids is 2. The zero-order valence-electron chi connectivity index (χ0n) is 13.0. The van der Waals surface area contributed by atoms with E-state index in [4.69, 9.17) is 4.74 Å². The second kappa shape index (κ2) is 5.26. The van der Waals surface area contributed by atoms with Gasteiger partial charge in [-0.25, -0.2) is 4.79 Å². The average Bonchev–Trinajstić information content (AvgIpc) is 2.97. The number of rotatable bonds is 2. The van der Waals surface area contributed by atoms with Gasteiger partial charge in [-0.2, -0.15) is 0 Å². The zero-order chi connectivity index (χ0) is 16.8. The van der Waals surface area contributed by atoms with Crippen LogP contribution < -0.4 is 10.1 Å². The minimum absolute atomic E-state index is 0.308. The van der Waals surface area contributed by atoms with E-state index in [0.717, 1.165) is 5.56 Å². The number of aliphatic carboxylic acids is 1. The number of carbonyl (C=O) groups is 3. The van der Waals surface area contributed by atoms with Gasteiger partial charge >= 0.3 is 5.97 Å². The van der Waals surface area contributed by atoms with Crippen LogP contribution in [0.5, 0.6) is 5.75 Å². The first-order valence-corrected chi connectivity index (χ1v) is 7.48. The first-order chi connectivity index (χ1) is 10.8. The lowest BCUT2D eigenvalue weighted by Crippen LogP contribution is -2.61. The predicted molar refractivity (Wildman–Crippen MR) is 81.2 cm³/mol. The van der Waals surface area contributed by atoms with Crippen molar-refractivity contribution in [2.45, 2.75) is 38.3 Å². The van der Waals surface area contributed by atoms with Gasteiger partial charge in [-0.1, -0.05) is 6.07 Å². The molecule has 2 atom stereocenters. The standard InChI is InChI=1S/C16H18N2O5/c1-9-5-6-12-10(8-9)17-14(21)16(2,23-12)15(22)18-7-3-4-11(18)13(19)20/h5-6,8,11H,3-4,7H2,1-2H3,(H,17,21)(H,19,20)/t11-,16-/m0/s1. The number of anilines is 1. The summed E-state index contributed by atoms with van der Waals surface area (Å²) in [7, 11) is 0. The molecular formula is C16H18N2O5. The van der Waals surface area contributed by atoms with Gasteiger partial charge in [0, 0.05) is 6.54 Å². The Morgan fingerprint density at radius 2 is 2.17 bits per heavy atom. The van der Waals surface area contributed by atoms with Crippen molar-refractivity contribution in [1.29, 1.82) is 0 Å². The highest BCUT2D eigenvalue weighted by atomic mass is 16.5. The first-order valence-electron chi connectivity index (χ1n) is 7.48. The van der Waals surface area contributed by atoms with E-state index in [1.165, 1.54) is 11.8 Å². The number of nitrogens with zero attached hydrogens (tertiary/aromatic N) is 1. The molecular weight excluding hydrogens is 300 g/mol. The van der Waals surface area contributed by atoms with E-state index in [-0.39, 0.29) is 0 Å². The molecule has 0 aromatic heterocycles. The molecule has 0 bridgehead atoms. The van der Waals surface area contributed by atoms with E-state index in [1.807, 2.05) is 13.0 Å². The van der Waals surface area contributed by atoms with E-state index < -0.39 is 29.4 Å². The Kier molecular flexibility index (Phi) is 3.50. The number of amides is 2. The molecule has 2 heterocycles. The zero-order valence-corrected chi connectivity index (χ0v) is 13.0. The van der Waals surface area contributed by atoms with E-state index in [9.17, 15) is 19.5 Å². The Hall–Kier alpha value is -2.57. The number of aryl methyl sites for hydroxylation is 1. The fraction of sp³-hybridized carbons (Fsp3) is 0.438. The third-order valence-corrected chi connectivity index (χ3v) is 4.34. The summed E-state index contributed by atoms with van der Waals surface area (Å²) in [4.78, 5) is 37.7. The minimum Gasteiger partial charge on any atom is -0.480 e. The lowest BCUT2D eigenvalue weighted by molar-refractivity contribution is -0.160. The summed E-state index contributed by atoms with van der Waals surface area (Å²) in [5.41, 5.74) is -0.301. The van der Waals surface area contributed by atoms with Crippen molar-refractivity contribution >= 4 is 23.5 Å². The molecule has 2 aliphatic heterocycles. The van der Waals surface area contributed by atoms with Crippen molar-refractivity contribution < 1.29 is 24.2 Å². The smallest absolute Gasteiger partial charge is 0.326 e. The molecule has 0 saturated carbocycles. The van der Waals surface area contributed by atoms with Crippen LogP contribution in [0, 0.1) is 6.92 Å². The fourth-order valence-corrected chi connectivity index (χ4v) is 3.02. The third-order valence-electron chi connectivity index (χ3n) is 4.34. The van der Waals surface area contributed by atoms with Crippen molar-refractivity contribution in [3.8, 4) is 5.75 Å². The molecule has 1 fully saturated rings. The number of likely N-dealkylation sites (tertiary alicyclic amines) is 1. The molecule has 122 valence electrons. The molecule has 1 saturated heterocycles. The maximum atomic E-state index is 12.8. The second-order valence-electron chi connectivity index (χ2n) is 6.08. The van der Waals surface area contributed by atoms with Crippen LogP contribution in [0.2, 0.25) is 0 Å². The van der Waals surface area contributed by atoms with Crippen molar-refractivity contribution in [2.24, 2.45) is 0 Å². The lowest BCUT2D eigenvalue weighted by Gasteiger charge is -2.37. The van der Waals surface area contributed by atoms with Gasteiger partial charge in [0.05, 0.1) is 5.69 Å². The molecule has 1 aromatic rings. The summed E-state index contributed by atoms with van der Waals surface area (Å²) < 4.78 is 5.69. The van der Waals surface area contributed by atoms with Crippen molar-refractivity contribution in [1.82, 2.24) is 4.90 Å². The third kappa shape index (κ3) is 2.42. The maximum Gasteiger partial charge on any atom is 0.326 e. The van der Waals surface area contributed by atoms with Gasteiger partial charge in [0.25, 0.3) is 17.4 Å². The highest BCUT2D eigenvalue weighted by Gasteiger charge is 2.52. The largest absolute Gasteiger partial charge is 0.480 e. The molecule has 0 aliphatic carbocycles. The van der Waals surface area contributed by atoms with Gasteiger partial charge in [-0.3, -0.25) is 9.59 Å². The number of benzene rings is 1. The monoisotopic (exact) mass is 318 g/mol. The molecule has 23 heavy (non-hydrogen) atoms. The van der Waals surface area contributed by atoms with E-state index in [1.54, 1.807) is 12.1 Å². The molecule has 3 rings (SSSR count). The Labute approximate surface area is 133 Å². The number of hydrogen-bond acceptors (Lipinski definition) is 4. The SMILES string of the molecule is Cc1ccc2c(c1)NC(=O)[C@@](C)(C(=O)N1CCC[C@H]1C(=O)O)O2. The van der Waals surface area contributed by atoms with Gasteiger partial charge in [0.1, 0.15) is 11.8 Å². The van der Waals surface area contributed by atoms with Crippen molar-refractivity contribution in [3.63, 3.8) is 0 Å². The molecule has 7 nitrogen and oxygen atoms in total. The molecule has 2 amide bonds. The van der Waals surface area contributed by atoms with Crippen LogP contribution in [0.4, 0.5) is 5.69 Å². The highest BCUT2D eigenvalue weighted by molar-refractivity contribution is 6.15. The maximum absolute atomic E-state index is 12.8. The van der Waals surface area contributed by atoms with Crippen LogP contribution in [0.25, 0.3) is 0 Å². The fourth-order valence-electron chi connectivity index (χ4n) is 3.02. The Bertz CT molecular complexity index is 702. The van der Waals surface area contributed by atoms with Crippen LogP contribution in [0.15, 0.2) is 18.2 Å². The summed E-state index contributed by atoms with van der Waals surface area (Å²) in [6.07, 6.45) is 0.977. The Morgan fingerprint density at radius 1 is 1.43 bits per heavy atom. The van der Waals surface area contributed by atoms with E-state index >= 15 is 0 Å². The highest BCUT2D eigenvalue weighted by Crippen LogP contribution is 2.36. The molecule has 7 heteroatoms. The average molecular weight is 318 g/mol. The topological polar surface area (TPSA) is 95.9 Å². The minimum atomic E-state index is -1.76. The summed E-state index contributed by atoms with van der Waals surface area (Å²) in [5, 5.41) is 11.9. The summed E-state index contributed by atoms with van der Waals surface area (Å²) >= 11 is 0. The lowest BCUT2D eigenvalue weighted by atomic mass is 10.00. The first kappa shape index (κ1) is 15.3. The van der Waals surface area contributed by atoms with Gasteiger partial charge in [0.2, 0.25) is 0 Å². The van der Waals surface area contributed by atoms with Crippen LogP contribution in [0.3, 0.4) is 0 Å². The molecule has 2 N–H and O–H groups in total. The van der Waals surface area contributed by atoms with Gasteiger partial charge in [-0.15, -0.1) is 0 Å². The van der Waals surface area contributed by atoms with Gasteiger partial charge < -0.3 is 20.1 Å². The second-order valence-corrected chi connectivity index (χ2v) is 6.08. The number of hydrogen-bond donors (Lipinski definition) is 2. The number of carboxylic acid groups (broad SMARTS) is 1. The summed E-state index contributed by atoms with van der Waals surface area (Å²) in [6.45, 7) is 3.57. The normalized spacial score (nSPS) is 26.3. The Balaban J connectivity index is 1.92. The van der Waals surface area contributed by atoms with Crippen LogP contribution >= 0.6 is 0 Å². The summed E-state index contributed by atoms with van der Waals surface area (Å²) in [6, 6.07) is 4.36. The quantitative estimate of drug-likeness (QED) is 0.798. The van der Waals surface area contributed by atoms with E-state index in [2.05, 4.69) is 5.32 Å². The summed E-state index contributed by atoms with van der Waals surface area (Å²) in [5.74, 6) is -1.87.